The Morgan fingerprint density at radius 3 is 2.55 bits per heavy atom. The minimum atomic E-state index is -3.62. The fourth-order valence-electron chi connectivity index (χ4n) is 2.63. The van der Waals surface area contributed by atoms with Crippen molar-refractivity contribution in [1.82, 2.24) is 24.5 Å². The second kappa shape index (κ2) is 9.45. The van der Waals surface area contributed by atoms with Gasteiger partial charge in [0.2, 0.25) is 21.1 Å². The number of benzene rings is 2. The van der Waals surface area contributed by atoms with Crippen LogP contribution in [0.2, 0.25) is 0 Å². The molecule has 31 heavy (non-hydrogen) atoms. The van der Waals surface area contributed by atoms with Crippen molar-refractivity contribution in [3.05, 3.63) is 48.0 Å². The number of amides is 1. The first-order valence-corrected chi connectivity index (χ1v) is 11.5. The minimum absolute atomic E-state index is 0.0418. The molecule has 0 spiro atoms. The molecule has 0 bridgehead atoms. The molecule has 0 saturated heterocycles. The highest BCUT2D eigenvalue weighted by molar-refractivity contribution is 7.99. The van der Waals surface area contributed by atoms with Crippen molar-refractivity contribution in [3.63, 3.8) is 0 Å². The van der Waals surface area contributed by atoms with Gasteiger partial charge in [0.15, 0.2) is 0 Å². The van der Waals surface area contributed by atoms with Crippen molar-refractivity contribution in [2.24, 2.45) is 0 Å². The monoisotopic (exact) mass is 462 g/mol. The Kier molecular flexibility index (Phi) is 6.93. The molecule has 1 aromatic heterocycles. The second-order valence-corrected chi connectivity index (χ2v) is 9.74. The molecule has 0 fully saturated rings. The maximum Gasteiger partial charge on any atom is 0.242 e. The number of thioether (sulfide) groups is 1. The van der Waals surface area contributed by atoms with E-state index in [4.69, 9.17) is 4.74 Å². The van der Waals surface area contributed by atoms with Crippen molar-refractivity contribution in [1.29, 1.82) is 0 Å². The molecule has 0 unspecified atom stereocenters. The van der Waals surface area contributed by atoms with Crippen molar-refractivity contribution in [2.45, 2.75) is 17.0 Å². The topological polar surface area (TPSA) is 119 Å². The predicted molar refractivity (Wildman–Crippen MR) is 117 cm³/mol. The van der Waals surface area contributed by atoms with Crippen LogP contribution in [0.5, 0.6) is 5.75 Å². The van der Waals surface area contributed by atoms with Crippen molar-refractivity contribution >= 4 is 33.4 Å². The molecule has 3 rings (SSSR count). The van der Waals surface area contributed by atoms with Gasteiger partial charge >= 0.3 is 0 Å². The molecule has 1 amide bonds. The first-order chi connectivity index (χ1) is 14.7. The molecule has 3 aromatic rings. The summed E-state index contributed by atoms with van der Waals surface area (Å²) in [6.07, 6.45) is 0. The summed E-state index contributed by atoms with van der Waals surface area (Å²) >= 11 is 1.16. The van der Waals surface area contributed by atoms with Gasteiger partial charge < -0.3 is 10.1 Å². The molecule has 0 aliphatic rings. The maximum atomic E-state index is 12.5. The van der Waals surface area contributed by atoms with E-state index < -0.39 is 10.0 Å². The molecule has 10 nitrogen and oxygen atoms in total. The summed E-state index contributed by atoms with van der Waals surface area (Å²) in [7, 11) is 0.889. The summed E-state index contributed by atoms with van der Waals surface area (Å²) in [5.74, 6) is 0.436. The number of nitrogens with one attached hydrogen (secondary N) is 1. The first kappa shape index (κ1) is 22.7. The Bertz CT molecular complexity index is 1180. The normalized spacial score (nSPS) is 11.5. The van der Waals surface area contributed by atoms with E-state index in [0.717, 1.165) is 21.8 Å². The molecule has 1 N–H and O–H groups in total. The average molecular weight is 463 g/mol. The summed E-state index contributed by atoms with van der Waals surface area (Å²) in [5.41, 5.74) is 1.72. The number of tetrazole rings is 1. The summed E-state index contributed by atoms with van der Waals surface area (Å²) in [4.78, 5) is 12.6. The van der Waals surface area contributed by atoms with E-state index in [1.54, 1.807) is 50.4 Å². The lowest BCUT2D eigenvalue weighted by Gasteiger charge is -2.15. The Morgan fingerprint density at radius 1 is 1.19 bits per heavy atom. The zero-order chi connectivity index (χ0) is 22.6. The second-order valence-electron chi connectivity index (χ2n) is 6.68. The quantitative estimate of drug-likeness (QED) is 0.505. The SMILES string of the molecule is COc1ccc(-n2nnnc2SCC(=O)Nc2ccc(C)c(S(=O)(=O)N(C)C)c2)cc1. The average Bonchev–Trinajstić information content (AvgIpc) is 3.22. The van der Waals surface area contributed by atoms with E-state index in [2.05, 4.69) is 20.8 Å². The molecule has 164 valence electrons. The number of hydrogen-bond acceptors (Lipinski definition) is 8. The predicted octanol–water partition coefficient (Wildman–Crippen LogP) is 1.96. The number of nitrogens with zero attached hydrogens (tertiary/aromatic N) is 5. The van der Waals surface area contributed by atoms with Crippen molar-refractivity contribution in [3.8, 4) is 11.4 Å². The van der Waals surface area contributed by atoms with Gasteiger partial charge in [0.1, 0.15) is 5.75 Å². The van der Waals surface area contributed by atoms with Crippen molar-refractivity contribution in [2.75, 3.05) is 32.3 Å². The van der Waals surface area contributed by atoms with Gasteiger partial charge in [-0.3, -0.25) is 4.79 Å². The fraction of sp³-hybridized carbons (Fsp3) is 0.263. The maximum absolute atomic E-state index is 12.5. The number of hydrogen-bond donors (Lipinski definition) is 1. The highest BCUT2D eigenvalue weighted by Crippen LogP contribution is 2.24. The lowest BCUT2D eigenvalue weighted by atomic mass is 10.2. The van der Waals surface area contributed by atoms with E-state index >= 15 is 0 Å². The lowest BCUT2D eigenvalue weighted by Crippen LogP contribution is -2.23. The van der Waals surface area contributed by atoms with E-state index in [1.807, 2.05) is 0 Å². The number of carbonyl (C=O) groups is 1. The third-order valence-corrected chi connectivity index (χ3v) is 7.20. The van der Waals surface area contributed by atoms with Gasteiger partial charge in [0.05, 0.1) is 23.4 Å². The summed E-state index contributed by atoms with van der Waals surface area (Å²) in [6.45, 7) is 1.71. The standard InChI is InChI=1S/C19H22N6O4S2/c1-13-5-6-14(11-17(13)31(27,28)24(2)3)20-18(26)12-30-19-21-22-23-25(19)15-7-9-16(29-4)10-8-15/h5-11H,12H2,1-4H3,(H,20,26). The van der Waals surface area contributed by atoms with Crippen LogP contribution in [0.25, 0.3) is 5.69 Å². The van der Waals surface area contributed by atoms with E-state index in [0.29, 0.717) is 22.2 Å². The van der Waals surface area contributed by atoms with Crippen LogP contribution < -0.4 is 10.1 Å². The Balaban J connectivity index is 1.69. The fourth-order valence-corrected chi connectivity index (χ4v) is 4.47. The molecule has 0 aliphatic carbocycles. The highest BCUT2D eigenvalue weighted by Gasteiger charge is 2.20. The van der Waals surface area contributed by atoms with Crippen LogP contribution in [0, 0.1) is 6.92 Å². The minimum Gasteiger partial charge on any atom is -0.497 e. The zero-order valence-electron chi connectivity index (χ0n) is 17.4. The third-order valence-electron chi connectivity index (χ3n) is 4.32. The van der Waals surface area contributed by atoms with Crippen LogP contribution in [0.15, 0.2) is 52.5 Å². The number of aryl methyl sites for hydroxylation is 1. The van der Waals surface area contributed by atoms with E-state index in [9.17, 15) is 13.2 Å². The number of sulfonamides is 1. The van der Waals surface area contributed by atoms with Gasteiger partial charge in [-0.1, -0.05) is 17.8 Å². The number of rotatable bonds is 8. The molecule has 0 atom stereocenters. The molecule has 0 saturated carbocycles. The Hall–Kier alpha value is -2.96. The van der Waals surface area contributed by atoms with Gasteiger partial charge in [-0.2, -0.15) is 4.68 Å². The number of anilines is 1. The van der Waals surface area contributed by atoms with Gasteiger partial charge in [-0.05, 0) is 59.3 Å². The van der Waals surface area contributed by atoms with Crippen LogP contribution >= 0.6 is 11.8 Å². The Labute approximate surface area is 184 Å². The van der Waals surface area contributed by atoms with Crippen LogP contribution in [-0.2, 0) is 14.8 Å². The molecular weight excluding hydrogens is 440 g/mol. The summed E-state index contributed by atoms with van der Waals surface area (Å²) < 4.78 is 32.7. The number of ether oxygens (including phenoxy) is 1. The van der Waals surface area contributed by atoms with Crippen LogP contribution in [0.4, 0.5) is 5.69 Å². The summed E-state index contributed by atoms with van der Waals surface area (Å²) in [5, 5.41) is 14.8. The largest absolute Gasteiger partial charge is 0.497 e. The van der Waals surface area contributed by atoms with Gasteiger partial charge in [-0.25, -0.2) is 12.7 Å². The van der Waals surface area contributed by atoms with Gasteiger partial charge in [-0.15, -0.1) is 5.10 Å². The zero-order valence-corrected chi connectivity index (χ0v) is 19.1. The molecular formula is C19H22N6O4S2. The smallest absolute Gasteiger partial charge is 0.242 e. The molecule has 1 heterocycles. The Morgan fingerprint density at radius 2 is 1.90 bits per heavy atom. The number of aromatic nitrogens is 4. The number of methoxy groups -OCH3 is 1. The van der Waals surface area contributed by atoms with Gasteiger partial charge in [0.25, 0.3) is 0 Å². The van der Waals surface area contributed by atoms with Crippen LogP contribution in [-0.4, -0.2) is 65.8 Å². The third kappa shape index (κ3) is 5.21. The van der Waals surface area contributed by atoms with E-state index in [1.165, 1.54) is 24.8 Å². The molecule has 0 aliphatic heterocycles. The molecule has 0 radical (unpaired) electrons. The van der Waals surface area contributed by atoms with Crippen molar-refractivity contribution < 1.29 is 17.9 Å². The lowest BCUT2D eigenvalue weighted by molar-refractivity contribution is -0.113. The molecule has 12 heteroatoms. The first-order valence-electron chi connectivity index (χ1n) is 9.11. The van der Waals surface area contributed by atoms with Crippen LogP contribution in [0.1, 0.15) is 5.56 Å². The molecule has 2 aromatic carbocycles. The van der Waals surface area contributed by atoms with Gasteiger partial charge in [0, 0.05) is 19.8 Å². The number of carbonyl (C=O) groups excluding carboxylic acids is 1. The summed E-state index contributed by atoms with van der Waals surface area (Å²) in [6, 6.07) is 12.0. The van der Waals surface area contributed by atoms with E-state index in [-0.39, 0.29) is 16.6 Å². The highest BCUT2D eigenvalue weighted by atomic mass is 32.2. The van der Waals surface area contributed by atoms with Crippen LogP contribution in [0.3, 0.4) is 0 Å².